The highest BCUT2D eigenvalue weighted by Crippen LogP contribution is 2.39. The lowest BCUT2D eigenvalue weighted by Gasteiger charge is -2.13. The Bertz CT molecular complexity index is 636. The second-order valence-electron chi connectivity index (χ2n) is 5.72. The Labute approximate surface area is 138 Å². The monoisotopic (exact) mass is 315 g/mol. The molecular formula is C19H25NO3. The van der Waals surface area contributed by atoms with Crippen LogP contribution in [0.25, 0.3) is 0 Å². The first-order valence-electron chi connectivity index (χ1n) is 7.76. The fourth-order valence-corrected chi connectivity index (χ4v) is 2.60. The number of benzene rings is 2. The maximum absolute atomic E-state index is 10.3. The molecule has 4 heteroatoms. The van der Waals surface area contributed by atoms with Gasteiger partial charge in [0, 0.05) is 19.8 Å². The van der Waals surface area contributed by atoms with Crippen LogP contribution < -0.4 is 14.4 Å². The zero-order valence-electron chi connectivity index (χ0n) is 14.3. The second-order valence-corrected chi connectivity index (χ2v) is 5.72. The van der Waals surface area contributed by atoms with Crippen LogP contribution in [0.3, 0.4) is 0 Å². The van der Waals surface area contributed by atoms with Crippen molar-refractivity contribution >= 4 is 5.69 Å². The molecule has 2 aromatic carbocycles. The van der Waals surface area contributed by atoms with Gasteiger partial charge in [0.2, 0.25) is 5.75 Å². The summed E-state index contributed by atoms with van der Waals surface area (Å²) in [7, 11) is 7.17. The summed E-state index contributed by atoms with van der Waals surface area (Å²) in [5.74, 6) is 1.13. The van der Waals surface area contributed by atoms with Gasteiger partial charge in [0.15, 0.2) is 11.5 Å². The number of anilines is 1. The molecule has 0 aromatic heterocycles. The van der Waals surface area contributed by atoms with Gasteiger partial charge >= 0.3 is 0 Å². The van der Waals surface area contributed by atoms with E-state index in [1.165, 1.54) is 18.4 Å². The van der Waals surface area contributed by atoms with E-state index in [0.717, 1.165) is 24.8 Å². The van der Waals surface area contributed by atoms with Gasteiger partial charge in [-0.05, 0) is 48.6 Å². The summed E-state index contributed by atoms with van der Waals surface area (Å²) < 4.78 is 10.4. The molecule has 0 saturated carbocycles. The Balaban J connectivity index is 1.98. The van der Waals surface area contributed by atoms with Gasteiger partial charge in [-0.25, -0.2) is 0 Å². The van der Waals surface area contributed by atoms with Crippen LogP contribution in [0, 0.1) is 0 Å². The molecule has 2 aromatic rings. The second kappa shape index (κ2) is 7.77. The first-order chi connectivity index (χ1) is 11.1. The predicted molar refractivity (Wildman–Crippen MR) is 94.0 cm³/mol. The van der Waals surface area contributed by atoms with E-state index in [1.54, 1.807) is 7.11 Å². The van der Waals surface area contributed by atoms with Crippen molar-refractivity contribution in [3.8, 4) is 17.2 Å². The molecule has 23 heavy (non-hydrogen) atoms. The number of nitrogens with zero attached hydrogens (tertiary/aromatic N) is 1. The van der Waals surface area contributed by atoms with Crippen LogP contribution in [-0.4, -0.2) is 33.4 Å². The van der Waals surface area contributed by atoms with Crippen LogP contribution >= 0.6 is 0 Å². The van der Waals surface area contributed by atoms with Gasteiger partial charge in [0.1, 0.15) is 0 Å². The van der Waals surface area contributed by atoms with Crippen molar-refractivity contribution in [1.82, 2.24) is 0 Å². The van der Waals surface area contributed by atoms with Crippen molar-refractivity contribution in [3.05, 3.63) is 47.5 Å². The molecule has 4 nitrogen and oxygen atoms in total. The number of aryl methyl sites for hydroxylation is 2. The van der Waals surface area contributed by atoms with Crippen LogP contribution in [0.4, 0.5) is 5.69 Å². The van der Waals surface area contributed by atoms with E-state index >= 15 is 0 Å². The van der Waals surface area contributed by atoms with Gasteiger partial charge in [0.25, 0.3) is 0 Å². The Kier molecular flexibility index (Phi) is 5.74. The predicted octanol–water partition coefficient (Wildman–Crippen LogP) is 3.65. The lowest BCUT2D eigenvalue weighted by atomic mass is 10.0. The van der Waals surface area contributed by atoms with E-state index in [-0.39, 0.29) is 5.75 Å². The number of phenols is 1. The van der Waals surface area contributed by atoms with Gasteiger partial charge in [-0.3, -0.25) is 0 Å². The average Bonchev–Trinajstić information content (AvgIpc) is 2.56. The quantitative estimate of drug-likeness (QED) is 0.847. The highest BCUT2D eigenvalue weighted by atomic mass is 16.5. The van der Waals surface area contributed by atoms with Crippen molar-refractivity contribution in [2.45, 2.75) is 19.3 Å². The molecule has 0 aliphatic heterocycles. The molecule has 0 saturated heterocycles. The molecule has 0 aliphatic rings. The third-order valence-electron chi connectivity index (χ3n) is 3.97. The van der Waals surface area contributed by atoms with Gasteiger partial charge in [0.05, 0.1) is 14.2 Å². The topological polar surface area (TPSA) is 41.9 Å². The lowest BCUT2D eigenvalue weighted by molar-refractivity contribution is 0.331. The number of hydrogen-bond acceptors (Lipinski definition) is 4. The minimum absolute atomic E-state index is 0.176. The summed E-state index contributed by atoms with van der Waals surface area (Å²) in [6, 6.07) is 12.3. The molecule has 0 heterocycles. The van der Waals surface area contributed by atoms with Crippen molar-refractivity contribution in [2.75, 3.05) is 33.2 Å². The van der Waals surface area contributed by atoms with Crippen molar-refractivity contribution in [2.24, 2.45) is 0 Å². The number of aromatic hydroxyl groups is 1. The molecule has 0 radical (unpaired) electrons. The molecule has 1 N–H and O–H groups in total. The Morgan fingerprint density at radius 1 is 0.913 bits per heavy atom. The molecule has 0 atom stereocenters. The maximum Gasteiger partial charge on any atom is 0.203 e. The summed E-state index contributed by atoms with van der Waals surface area (Å²) in [5, 5.41) is 10.3. The third kappa shape index (κ3) is 4.09. The zero-order valence-corrected chi connectivity index (χ0v) is 14.3. The summed E-state index contributed by atoms with van der Waals surface area (Å²) >= 11 is 0. The first-order valence-corrected chi connectivity index (χ1v) is 7.76. The minimum atomic E-state index is 0.176. The number of phenolic OH excluding ortho intramolecular Hbond substituents is 1. The van der Waals surface area contributed by atoms with E-state index in [9.17, 15) is 5.11 Å². The summed E-state index contributed by atoms with van der Waals surface area (Å²) in [5.41, 5.74) is 3.38. The molecule has 124 valence electrons. The lowest BCUT2D eigenvalue weighted by Crippen LogP contribution is -2.08. The molecule has 0 aliphatic carbocycles. The SMILES string of the molecule is COc1ccc(CCCc2ccc(N(C)C)cc2)c(O)c1OC. The standard InChI is InChI=1S/C19H25NO3/c1-20(2)16-11-8-14(9-12-16)6-5-7-15-10-13-17(22-3)19(23-4)18(15)21/h8-13,21H,5-7H2,1-4H3. The van der Waals surface area contributed by atoms with Crippen molar-refractivity contribution < 1.29 is 14.6 Å². The van der Waals surface area contributed by atoms with Gasteiger partial charge < -0.3 is 19.5 Å². The third-order valence-corrected chi connectivity index (χ3v) is 3.97. The smallest absolute Gasteiger partial charge is 0.203 e. The number of ether oxygens (including phenoxy) is 2. The zero-order chi connectivity index (χ0) is 16.8. The normalized spacial score (nSPS) is 10.4. The fourth-order valence-electron chi connectivity index (χ4n) is 2.60. The van der Waals surface area contributed by atoms with Crippen LogP contribution in [0.5, 0.6) is 17.2 Å². The Hall–Kier alpha value is -2.36. The average molecular weight is 315 g/mol. The minimum Gasteiger partial charge on any atom is -0.504 e. The molecule has 0 spiro atoms. The molecule has 2 rings (SSSR count). The number of rotatable bonds is 7. The van der Waals surface area contributed by atoms with Gasteiger partial charge in [-0.2, -0.15) is 0 Å². The Morgan fingerprint density at radius 2 is 1.61 bits per heavy atom. The molecule has 0 unspecified atom stereocenters. The van der Waals surface area contributed by atoms with Crippen LogP contribution in [-0.2, 0) is 12.8 Å². The van der Waals surface area contributed by atoms with Crippen LogP contribution in [0.15, 0.2) is 36.4 Å². The summed E-state index contributed by atoms with van der Waals surface area (Å²) in [4.78, 5) is 2.09. The van der Waals surface area contributed by atoms with E-state index in [2.05, 4.69) is 29.2 Å². The van der Waals surface area contributed by atoms with E-state index in [1.807, 2.05) is 26.2 Å². The van der Waals surface area contributed by atoms with Gasteiger partial charge in [-0.1, -0.05) is 18.2 Å². The van der Waals surface area contributed by atoms with Crippen molar-refractivity contribution in [3.63, 3.8) is 0 Å². The largest absolute Gasteiger partial charge is 0.504 e. The highest BCUT2D eigenvalue weighted by Gasteiger charge is 2.13. The molecule has 0 bridgehead atoms. The van der Waals surface area contributed by atoms with E-state index in [4.69, 9.17) is 9.47 Å². The summed E-state index contributed by atoms with van der Waals surface area (Å²) in [6.07, 6.45) is 2.73. The van der Waals surface area contributed by atoms with Crippen molar-refractivity contribution in [1.29, 1.82) is 0 Å². The maximum atomic E-state index is 10.3. The molecule has 0 fully saturated rings. The first kappa shape index (κ1) is 17.0. The Morgan fingerprint density at radius 3 is 2.17 bits per heavy atom. The number of hydrogen-bond donors (Lipinski definition) is 1. The van der Waals surface area contributed by atoms with Gasteiger partial charge in [-0.15, -0.1) is 0 Å². The highest BCUT2D eigenvalue weighted by molar-refractivity contribution is 5.55. The molecule has 0 amide bonds. The van der Waals surface area contributed by atoms with E-state index < -0.39 is 0 Å². The fraction of sp³-hybridized carbons (Fsp3) is 0.368. The number of methoxy groups -OCH3 is 2. The van der Waals surface area contributed by atoms with Crippen LogP contribution in [0.1, 0.15) is 17.5 Å². The summed E-state index contributed by atoms with van der Waals surface area (Å²) in [6.45, 7) is 0. The van der Waals surface area contributed by atoms with Crippen LogP contribution in [0.2, 0.25) is 0 Å². The van der Waals surface area contributed by atoms with E-state index in [0.29, 0.717) is 11.5 Å². The molecular weight excluding hydrogens is 290 g/mol.